The predicted octanol–water partition coefficient (Wildman–Crippen LogP) is 4.19. The summed E-state index contributed by atoms with van der Waals surface area (Å²) in [7, 11) is 2.07. The van der Waals surface area contributed by atoms with Crippen molar-refractivity contribution in [1.82, 2.24) is 13.3 Å². The molecule has 1 aromatic heterocycles. The van der Waals surface area contributed by atoms with Crippen LogP contribution in [0.2, 0.25) is 0 Å². The van der Waals surface area contributed by atoms with Crippen LogP contribution in [0.3, 0.4) is 0 Å². The molecule has 0 aliphatic heterocycles. The van der Waals surface area contributed by atoms with E-state index in [1.165, 1.54) is 14.2 Å². The number of nitrogens with one attached hydrogen (secondary N) is 1. The lowest BCUT2D eigenvalue weighted by Crippen LogP contribution is -2.05. The molecule has 3 rings (SSSR count). The van der Waals surface area contributed by atoms with Gasteiger partial charge in [0.2, 0.25) is 0 Å². The van der Waals surface area contributed by atoms with Crippen molar-refractivity contribution in [2.24, 2.45) is 0 Å². The highest BCUT2D eigenvalue weighted by molar-refractivity contribution is 7.51. The molecule has 0 bridgehead atoms. The van der Waals surface area contributed by atoms with Crippen LogP contribution in [-0.2, 0) is 9.47 Å². The van der Waals surface area contributed by atoms with Crippen LogP contribution in [0.15, 0.2) is 48.5 Å². The van der Waals surface area contributed by atoms with Gasteiger partial charge in [0.05, 0.1) is 33.9 Å². The highest BCUT2D eigenvalue weighted by Gasteiger charge is 2.10. The van der Waals surface area contributed by atoms with Crippen LogP contribution in [0, 0.1) is 0 Å². The highest BCUT2D eigenvalue weighted by atomic mass is 31.2. The Bertz CT molecular complexity index is 905. The van der Waals surface area contributed by atoms with Crippen LogP contribution in [0.25, 0.3) is 0 Å². The van der Waals surface area contributed by atoms with Gasteiger partial charge in [-0.3, -0.25) is 4.51 Å². The summed E-state index contributed by atoms with van der Waals surface area (Å²) in [6.45, 7) is 0. The lowest BCUT2D eigenvalue weighted by Gasteiger charge is -2.13. The second-order valence-electron chi connectivity index (χ2n) is 5.15. The number of esters is 2. The second-order valence-corrected chi connectivity index (χ2v) is 9.02. The summed E-state index contributed by atoms with van der Waals surface area (Å²) in [5.74, 6) is 0.263. The molecule has 0 saturated carbocycles. The third kappa shape index (κ3) is 4.96. The molecule has 1 N–H and O–H groups in total. The van der Waals surface area contributed by atoms with Gasteiger partial charge in [-0.25, -0.2) is 9.59 Å². The molecule has 3 aromatic rings. The van der Waals surface area contributed by atoms with E-state index in [9.17, 15) is 9.59 Å². The van der Waals surface area contributed by atoms with Crippen LogP contribution in [0.5, 0.6) is 11.5 Å². The van der Waals surface area contributed by atoms with Crippen molar-refractivity contribution in [2.75, 3.05) is 14.2 Å². The number of carbonyl (C=O) groups is 2. The van der Waals surface area contributed by atoms with E-state index in [4.69, 9.17) is 9.36 Å². The molecule has 2 aromatic carbocycles. The molecule has 0 amide bonds. The SMILES string of the molecule is COC(=O)c1ccc(On2[pH][nH]pnp2Oc2ccc(C(=O)OC)cc2)cc1. The van der Waals surface area contributed by atoms with Gasteiger partial charge in [0, 0.05) is 0 Å². The maximum Gasteiger partial charge on any atom is 0.337 e. The maximum absolute atomic E-state index is 11.5. The molecule has 2 atom stereocenters. The Hall–Kier alpha value is -2.72. The van der Waals surface area contributed by atoms with Crippen molar-refractivity contribution in [3.8, 4) is 11.5 Å². The molecule has 0 saturated heterocycles. The number of rotatable bonds is 6. The highest BCUT2D eigenvalue weighted by Crippen LogP contribution is 2.32. The standard InChI is InChI=1S/C16H16N3O6P3/c1-22-15(20)11-3-7-13(8-4-11)24-19-27-17-26-18-28(19)25-14-9-5-12(6-10-14)16(21)23-2/h3-10,27H,1-2H3,(H,17,18). The van der Waals surface area contributed by atoms with E-state index >= 15 is 0 Å². The summed E-state index contributed by atoms with van der Waals surface area (Å²) in [5.41, 5.74) is 0.866. The molecular formula is C16H16N3O6P3. The number of methoxy groups -OCH3 is 2. The Kier molecular flexibility index (Phi) is 6.77. The molecule has 12 heteroatoms. The minimum Gasteiger partial charge on any atom is -0.465 e. The van der Waals surface area contributed by atoms with Gasteiger partial charge in [0.1, 0.15) is 14.3 Å². The molecule has 1 heterocycles. The predicted molar refractivity (Wildman–Crippen MR) is 107 cm³/mol. The largest absolute Gasteiger partial charge is 0.465 e. The first-order valence-electron chi connectivity index (χ1n) is 7.85. The van der Waals surface area contributed by atoms with E-state index < -0.39 is 20.0 Å². The van der Waals surface area contributed by atoms with Gasteiger partial charge in [-0.15, -0.1) is 4.51 Å². The van der Waals surface area contributed by atoms with Crippen LogP contribution in [0.4, 0.5) is 0 Å². The van der Waals surface area contributed by atoms with Crippen LogP contribution in [-0.4, -0.2) is 39.4 Å². The van der Waals surface area contributed by atoms with Gasteiger partial charge in [0.15, 0.2) is 5.75 Å². The van der Waals surface area contributed by atoms with E-state index in [0.29, 0.717) is 31.1 Å². The zero-order valence-corrected chi connectivity index (χ0v) is 17.6. The summed E-state index contributed by atoms with van der Waals surface area (Å²) in [6.07, 6.45) is 0. The third-order valence-corrected chi connectivity index (χ3v) is 7.03. The van der Waals surface area contributed by atoms with Gasteiger partial charge in [-0.2, -0.15) is 0 Å². The van der Waals surface area contributed by atoms with Gasteiger partial charge in [0.25, 0.3) is 0 Å². The van der Waals surface area contributed by atoms with Crippen LogP contribution >= 0.6 is 25.1 Å². The first-order valence-corrected chi connectivity index (χ1v) is 10.8. The molecule has 9 nitrogen and oxygen atoms in total. The van der Waals surface area contributed by atoms with Gasteiger partial charge >= 0.3 is 20.0 Å². The minimum absolute atomic E-state index is 0.130. The first kappa shape index (κ1) is 20.0. The number of ether oxygens (including phenoxy) is 2. The normalized spacial score (nSPS) is 11.3. The summed E-state index contributed by atoms with van der Waals surface area (Å²) in [6, 6.07) is 13.2. The zero-order valence-electron chi connectivity index (χ0n) is 14.9. The lowest BCUT2D eigenvalue weighted by molar-refractivity contribution is 0.0591. The summed E-state index contributed by atoms with van der Waals surface area (Å²) < 4.78 is 24.3. The number of aromatic amines is 1. The Morgan fingerprint density at radius 1 is 0.964 bits per heavy atom. The van der Waals surface area contributed by atoms with Crippen molar-refractivity contribution < 1.29 is 28.4 Å². The fourth-order valence-electron chi connectivity index (χ4n) is 2.05. The molecule has 0 radical (unpaired) electrons. The quantitative estimate of drug-likeness (QED) is 0.575. The average Bonchev–Trinajstić information content (AvgIpc) is 2.75. The van der Waals surface area contributed by atoms with Gasteiger partial charge in [-0.1, -0.05) is 4.26 Å². The van der Waals surface area contributed by atoms with Crippen molar-refractivity contribution in [3.63, 3.8) is 0 Å². The van der Waals surface area contributed by atoms with Crippen molar-refractivity contribution in [3.05, 3.63) is 59.7 Å². The van der Waals surface area contributed by atoms with Crippen LogP contribution < -0.4 is 9.36 Å². The molecule has 0 fully saturated rings. The van der Waals surface area contributed by atoms with E-state index in [2.05, 4.69) is 18.5 Å². The molecule has 0 aliphatic rings. The molecule has 146 valence electrons. The zero-order chi connectivity index (χ0) is 19.9. The van der Waals surface area contributed by atoms with E-state index in [-0.39, 0.29) is 8.51 Å². The maximum atomic E-state index is 11.5. The van der Waals surface area contributed by atoms with Crippen molar-refractivity contribution >= 4 is 37.0 Å². The number of hydrogen-bond acceptors (Lipinski definition) is 7. The van der Waals surface area contributed by atoms with Gasteiger partial charge in [-0.05, 0) is 48.5 Å². The fraction of sp³-hybridized carbons (Fsp3) is 0.125. The van der Waals surface area contributed by atoms with Crippen molar-refractivity contribution in [1.29, 1.82) is 0 Å². The minimum atomic E-state index is -1.42. The molecular weight excluding hydrogens is 423 g/mol. The molecule has 0 aliphatic carbocycles. The molecule has 28 heavy (non-hydrogen) atoms. The van der Waals surface area contributed by atoms with Crippen molar-refractivity contribution in [2.45, 2.75) is 0 Å². The summed E-state index contributed by atoms with van der Waals surface area (Å²) >= 11 is 0. The number of hydrogen-bond donors (Lipinski definition) is 1. The summed E-state index contributed by atoms with van der Waals surface area (Å²) in [5, 5.41) is 0. The number of nitrogens with zero attached hydrogens (tertiary/aromatic N) is 2. The lowest BCUT2D eigenvalue weighted by atomic mass is 10.2. The van der Waals surface area contributed by atoms with Crippen LogP contribution in [0.1, 0.15) is 20.7 Å². The Morgan fingerprint density at radius 3 is 2.04 bits per heavy atom. The van der Waals surface area contributed by atoms with E-state index in [1.807, 2.05) is 0 Å². The molecule has 2 unspecified atom stereocenters. The fourth-order valence-corrected chi connectivity index (χ4v) is 5.82. The molecule has 0 spiro atoms. The van der Waals surface area contributed by atoms with Gasteiger partial charge < -0.3 is 18.8 Å². The number of benzene rings is 2. The monoisotopic (exact) mass is 439 g/mol. The Balaban J connectivity index is 1.76. The first-order chi connectivity index (χ1) is 13.6. The summed E-state index contributed by atoms with van der Waals surface area (Å²) in [4.78, 5) is 28.9. The number of H-pyrrole nitrogens is 1. The Labute approximate surface area is 164 Å². The third-order valence-electron chi connectivity index (χ3n) is 3.40. The second kappa shape index (κ2) is 9.47. The average molecular weight is 439 g/mol. The number of carbonyl (C=O) groups excluding carboxylic acids is 2. The smallest absolute Gasteiger partial charge is 0.337 e. The topological polar surface area (TPSA) is 105 Å². The van der Waals surface area contributed by atoms with E-state index in [0.717, 1.165) is 0 Å². The Morgan fingerprint density at radius 2 is 1.50 bits per heavy atom. The van der Waals surface area contributed by atoms with E-state index in [1.54, 1.807) is 52.8 Å². The number of aromatic nitrogens is 3.